The predicted octanol–water partition coefficient (Wildman–Crippen LogP) is 4.75. The quantitative estimate of drug-likeness (QED) is 0.728. The number of hydrogen-bond acceptors (Lipinski definition) is 2. The summed E-state index contributed by atoms with van der Waals surface area (Å²) in [5, 5.41) is 10.3. The Kier molecular flexibility index (Phi) is 5.09. The van der Waals surface area contributed by atoms with Crippen LogP contribution in [0.15, 0.2) is 18.2 Å². The van der Waals surface area contributed by atoms with Crippen molar-refractivity contribution in [3.8, 4) is 5.75 Å². The van der Waals surface area contributed by atoms with Gasteiger partial charge in [-0.05, 0) is 24.1 Å². The van der Waals surface area contributed by atoms with E-state index in [0.717, 1.165) is 30.8 Å². The fourth-order valence-electron chi connectivity index (χ4n) is 2.85. The fraction of sp³-hybridized carbons (Fsp3) is 0.667. The predicted molar refractivity (Wildman–Crippen MR) is 83.3 cm³/mol. The Morgan fingerprint density at radius 1 is 1.20 bits per heavy atom. The molecule has 20 heavy (non-hydrogen) atoms. The van der Waals surface area contributed by atoms with E-state index in [1.165, 1.54) is 31.2 Å². The summed E-state index contributed by atoms with van der Waals surface area (Å²) < 4.78 is 5.69. The van der Waals surface area contributed by atoms with Crippen molar-refractivity contribution in [3.63, 3.8) is 0 Å². The summed E-state index contributed by atoms with van der Waals surface area (Å²) in [7, 11) is 0. The number of rotatable bonds is 7. The number of fused-ring (bicyclic) bond motifs is 1. The third kappa shape index (κ3) is 3.54. The number of aliphatic hydroxyl groups excluding tert-OH is 1. The van der Waals surface area contributed by atoms with Gasteiger partial charge in [-0.1, -0.05) is 58.9 Å². The lowest BCUT2D eigenvalue weighted by Crippen LogP contribution is -2.18. The molecule has 0 saturated carbocycles. The van der Waals surface area contributed by atoms with E-state index in [2.05, 4.69) is 26.8 Å². The van der Waals surface area contributed by atoms with Crippen molar-refractivity contribution >= 4 is 0 Å². The van der Waals surface area contributed by atoms with Crippen molar-refractivity contribution in [3.05, 3.63) is 29.3 Å². The van der Waals surface area contributed by atoms with Crippen LogP contribution in [0.4, 0.5) is 0 Å². The Morgan fingerprint density at radius 2 is 1.95 bits per heavy atom. The van der Waals surface area contributed by atoms with Crippen LogP contribution >= 0.6 is 0 Å². The molecule has 0 bridgehead atoms. The van der Waals surface area contributed by atoms with Gasteiger partial charge in [0.05, 0.1) is 12.7 Å². The number of aliphatic hydroxyl groups is 1. The highest BCUT2D eigenvalue weighted by Gasteiger charge is 2.32. The lowest BCUT2D eigenvalue weighted by atomic mass is 9.85. The molecule has 2 rings (SSSR count). The van der Waals surface area contributed by atoms with Gasteiger partial charge in [0, 0.05) is 11.0 Å². The Hall–Kier alpha value is -1.02. The van der Waals surface area contributed by atoms with E-state index in [4.69, 9.17) is 4.74 Å². The minimum Gasteiger partial charge on any atom is -0.492 e. The largest absolute Gasteiger partial charge is 0.492 e. The molecule has 0 aromatic heterocycles. The molecule has 0 amide bonds. The van der Waals surface area contributed by atoms with Crippen LogP contribution in [-0.2, 0) is 5.41 Å². The van der Waals surface area contributed by atoms with Gasteiger partial charge in [0.15, 0.2) is 0 Å². The molecule has 1 N–H and O–H groups in total. The normalized spacial score (nSPS) is 17.6. The molecule has 0 spiro atoms. The minimum absolute atomic E-state index is 0.0617. The highest BCUT2D eigenvalue weighted by atomic mass is 16.5. The zero-order chi connectivity index (χ0) is 14.6. The van der Waals surface area contributed by atoms with Crippen LogP contribution in [0.25, 0.3) is 0 Å². The molecular formula is C18H28O2. The van der Waals surface area contributed by atoms with Crippen LogP contribution in [0.2, 0.25) is 0 Å². The Bertz CT molecular complexity index is 437. The van der Waals surface area contributed by atoms with Crippen molar-refractivity contribution in [1.29, 1.82) is 0 Å². The second kappa shape index (κ2) is 6.62. The molecule has 1 aromatic carbocycles. The first-order valence-corrected chi connectivity index (χ1v) is 8.00. The van der Waals surface area contributed by atoms with E-state index < -0.39 is 0 Å². The van der Waals surface area contributed by atoms with E-state index in [0.29, 0.717) is 0 Å². The van der Waals surface area contributed by atoms with Gasteiger partial charge in [0.2, 0.25) is 0 Å². The maximum absolute atomic E-state index is 10.3. The molecule has 1 aliphatic rings. The Labute approximate surface area is 123 Å². The zero-order valence-electron chi connectivity index (χ0n) is 13.1. The van der Waals surface area contributed by atoms with Crippen LogP contribution in [0, 0.1) is 0 Å². The molecule has 0 radical (unpaired) electrons. The second-order valence-corrected chi connectivity index (χ2v) is 6.65. The molecule has 1 atom stereocenters. The first-order chi connectivity index (χ1) is 9.54. The van der Waals surface area contributed by atoms with Gasteiger partial charge in [-0.3, -0.25) is 0 Å². The minimum atomic E-state index is -0.335. The first-order valence-electron chi connectivity index (χ1n) is 8.00. The van der Waals surface area contributed by atoms with Crippen LogP contribution in [-0.4, -0.2) is 11.7 Å². The van der Waals surface area contributed by atoms with E-state index in [-0.39, 0.29) is 11.5 Å². The SMILES string of the molecule is CCCCCCCC(O)c1ccc2c(c1)C(C)(C)CO2. The van der Waals surface area contributed by atoms with E-state index in [1.807, 2.05) is 12.1 Å². The topological polar surface area (TPSA) is 29.5 Å². The van der Waals surface area contributed by atoms with E-state index >= 15 is 0 Å². The Morgan fingerprint density at radius 3 is 2.70 bits per heavy atom. The van der Waals surface area contributed by atoms with Gasteiger partial charge in [-0.15, -0.1) is 0 Å². The third-order valence-electron chi connectivity index (χ3n) is 4.29. The molecule has 1 aromatic rings. The number of hydrogen-bond donors (Lipinski definition) is 1. The fourth-order valence-corrected chi connectivity index (χ4v) is 2.85. The summed E-state index contributed by atoms with van der Waals surface area (Å²) in [6.45, 7) is 7.35. The van der Waals surface area contributed by atoms with E-state index in [9.17, 15) is 5.11 Å². The maximum Gasteiger partial charge on any atom is 0.123 e. The summed E-state index contributed by atoms with van der Waals surface area (Å²) in [6, 6.07) is 6.16. The smallest absolute Gasteiger partial charge is 0.123 e. The lowest BCUT2D eigenvalue weighted by molar-refractivity contribution is 0.163. The maximum atomic E-state index is 10.3. The molecule has 1 aliphatic heterocycles. The van der Waals surface area contributed by atoms with Gasteiger partial charge >= 0.3 is 0 Å². The molecule has 112 valence electrons. The van der Waals surface area contributed by atoms with Crippen molar-refractivity contribution in [2.45, 2.75) is 70.8 Å². The second-order valence-electron chi connectivity index (χ2n) is 6.65. The van der Waals surface area contributed by atoms with Crippen LogP contribution in [0.5, 0.6) is 5.75 Å². The van der Waals surface area contributed by atoms with Crippen LogP contribution in [0.1, 0.15) is 76.5 Å². The Balaban J connectivity index is 1.93. The molecule has 1 unspecified atom stereocenters. The molecule has 2 heteroatoms. The number of unbranched alkanes of at least 4 members (excludes halogenated alkanes) is 4. The summed E-state index contributed by atoms with van der Waals surface area (Å²) in [6.07, 6.45) is 6.72. The highest BCUT2D eigenvalue weighted by Crippen LogP contribution is 2.39. The monoisotopic (exact) mass is 276 g/mol. The van der Waals surface area contributed by atoms with Gasteiger partial charge < -0.3 is 9.84 Å². The molecular weight excluding hydrogens is 248 g/mol. The summed E-state index contributed by atoms with van der Waals surface area (Å²) >= 11 is 0. The summed E-state index contributed by atoms with van der Waals surface area (Å²) in [4.78, 5) is 0. The van der Waals surface area contributed by atoms with Crippen LogP contribution in [0.3, 0.4) is 0 Å². The summed E-state index contributed by atoms with van der Waals surface area (Å²) in [5.74, 6) is 0.980. The van der Waals surface area contributed by atoms with Crippen molar-refractivity contribution < 1.29 is 9.84 Å². The zero-order valence-corrected chi connectivity index (χ0v) is 13.1. The number of benzene rings is 1. The molecule has 1 heterocycles. The molecule has 0 aliphatic carbocycles. The molecule has 2 nitrogen and oxygen atoms in total. The number of ether oxygens (including phenoxy) is 1. The van der Waals surface area contributed by atoms with Crippen molar-refractivity contribution in [2.24, 2.45) is 0 Å². The van der Waals surface area contributed by atoms with Gasteiger partial charge in [-0.2, -0.15) is 0 Å². The van der Waals surface area contributed by atoms with Crippen molar-refractivity contribution in [1.82, 2.24) is 0 Å². The van der Waals surface area contributed by atoms with Gasteiger partial charge in [0.1, 0.15) is 5.75 Å². The first kappa shape index (κ1) is 15.4. The molecule has 0 fully saturated rings. The van der Waals surface area contributed by atoms with Gasteiger partial charge in [0.25, 0.3) is 0 Å². The average molecular weight is 276 g/mol. The highest BCUT2D eigenvalue weighted by molar-refractivity contribution is 5.45. The van der Waals surface area contributed by atoms with E-state index in [1.54, 1.807) is 0 Å². The van der Waals surface area contributed by atoms with Gasteiger partial charge in [-0.25, -0.2) is 0 Å². The lowest BCUT2D eigenvalue weighted by Gasteiger charge is -2.17. The average Bonchev–Trinajstić information content (AvgIpc) is 2.74. The third-order valence-corrected chi connectivity index (χ3v) is 4.29. The van der Waals surface area contributed by atoms with Crippen LogP contribution < -0.4 is 4.74 Å². The standard InChI is InChI=1S/C18H28O2/c1-4-5-6-7-8-9-16(19)14-10-11-17-15(12-14)18(2,3)13-20-17/h10-12,16,19H,4-9,13H2,1-3H3. The summed E-state index contributed by atoms with van der Waals surface area (Å²) in [5.41, 5.74) is 2.34. The van der Waals surface area contributed by atoms with Crippen molar-refractivity contribution in [2.75, 3.05) is 6.61 Å². The molecule has 0 saturated heterocycles.